The van der Waals surface area contributed by atoms with Crippen molar-refractivity contribution in [3.8, 4) is 11.6 Å². The Balaban J connectivity index is 2.23. The fourth-order valence-electron chi connectivity index (χ4n) is 1.09. The zero-order chi connectivity index (χ0) is 11.5. The predicted octanol–water partition coefficient (Wildman–Crippen LogP) is 2.75. The predicted molar refractivity (Wildman–Crippen MR) is 60.6 cm³/mol. The lowest BCUT2D eigenvalue weighted by atomic mass is 10.3. The summed E-state index contributed by atoms with van der Waals surface area (Å²) in [6, 6.07) is 4.21. The molecule has 6 heteroatoms. The molecular formula is C10H7BrFN3O. The van der Waals surface area contributed by atoms with Crippen molar-refractivity contribution in [3.63, 3.8) is 0 Å². The van der Waals surface area contributed by atoms with E-state index in [1.807, 2.05) is 0 Å². The molecule has 0 radical (unpaired) electrons. The van der Waals surface area contributed by atoms with Crippen LogP contribution >= 0.6 is 15.9 Å². The van der Waals surface area contributed by atoms with Gasteiger partial charge in [-0.05, 0) is 12.1 Å². The van der Waals surface area contributed by atoms with Crippen molar-refractivity contribution in [3.05, 3.63) is 40.9 Å². The quantitative estimate of drug-likeness (QED) is 0.921. The van der Waals surface area contributed by atoms with E-state index >= 15 is 0 Å². The molecular weight excluding hydrogens is 277 g/mol. The largest absolute Gasteiger partial charge is 0.437 e. The maximum absolute atomic E-state index is 13.0. The fourth-order valence-corrected chi connectivity index (χ4v) is 1.53. The molecule has 16 heavy (non-hydrogen) atoms. The molecule has 0 atom stereocenters. The van der Waals surface area contributed by atoms with Crippen molar-refractivity contribution < 1.29 is 9.13 Å². The van der Waals surface area contributed by atoms with E-state index in [2.05, 4.69) is 25.9 Å². The first kappa shape index (κ1) is 10.8. The van der Waals surface area contributed by atoms with Gasteiger partial charge in [-0.15, -0.1) is 0 Å². The highest BCUT2D eigenvalue weighted by atomic mass is 79.9. The summed E-state index contributed by atoms with van der Waals surface area (Å²) < 4.78 is 18.9. The maximum Gasteiger partial charge on any atom is 0.237 e. The van der Waals surface area contributed by atoms with E-state index in [0.29, 0.717) is 16.0 Å². The Hall–Kier alpha value is -1.69. The van der Waals surface area contributed by atoms with Gasteiger partial charge in [-0.2, -0.15) is 0 Å². The fraction of sp³-hybridized carbons (Fsp3) is 0. The molecule has 0 fully saturated rings. The number of nitrogens with two attached hydrogens (primary N) is 1. The second-order valence-corrected chi connectivity index (χ2v) is 3.90. The molecule has 0 amide bonds. The first-order valence-electron chi connectivity index (χ1n) is 4.35. The highest BCUT2D eigenvalue weighted by Crippen LogP contribution is 2.24. The Labute approximate surface area is 99.4 Å². The number of benzene rings is 1. The van der Waals surface area contributed by atoms with Gasteiger partial charge in [0.05, 0.1) is 12.4 Å². The van der Waals surface area contributed by atoms with Gasteiger partial charge in [0.2, 0.25) is 5.88 Å². The van der Waals surface area contributed by atoms with Crippen LogP contribution in [-0.4, -0.2) is 9.97 Å². The van der Waals surface area contributed by atoms with Gasteiger partial charge in [-0.1, -0.05) is 15.9 Å². The van der Waals surface area contributed by atoms with Crippen LogP contribution in [0.5, 0.6) is 11.6 Å². The van der Waals surface area contributed by atoms with Gasteiger partial charge in [0.25, 0.3) is 0 Å². The van der Waals surface area contributed by atoms with E-state index in [9.17, 15) is 4.39 Å². The second kappa shape index (κ2) is 4.44. The Morgan fingerprint density at radius 3 is 2.62 bits per heavy atom. The third-order valence-electron chi connectivity index (χ3n) is 1.71. The third-order valence-corrected chi connectivity index (χ3v) is 2.16. The Morgan fingerprint density at radius 2 is 2.00 bits per heavy atom. The van der Waals surface area contributed by atoms with E-state index in [1.54, 1.807) is 6.07 Å². The number of anilines is 1. The minimum Gasteiger partial charge on any atom is -0.437 e. The van der Waals surface area contributed by atoms with E-state index in [1.165, 1.54) is 24.5 Å². The van der Waals surface area contributed by atoms with Crippen molar-refractivity contribution in [2.24, 2.45) is 0 Å². The summed E-state index contributed by atoms with van der Waals surface area (Å²) in [5, 5.41) is 0. The summed E-state index contributed by atoms with van der Waals surface area (Å²) in [4.78, 5) is 7.69. The summed E-state index contributed by atoms with van der Waals surface area (Å²) in [5.41, 5.74) is 5.37. The first-order chi connectivity index (χ1) is 7.63. The molecule has 0 saturated heterocycles. The number of rotatable bonds is 2. The van der Waals surface area contributed by atoms with Gasteiger partial charge in [-0.3, -0.25) is 0 Å². The van der Waals surface area contributed by atoms with Gasteiger partial charge >= 0.3 is 0 Å². The Bertz CT molecular complexity index is 484. The summed E-state index contributed by atoms with van der Waals surface area (Å²) >= 11 is 3.16. The Morgan fingerprint density at radius 1 is 1.19 bits per heavy atom. The van der Waals surface area contributed by atoms with Crippen molar-refractivity contribution in [2.45, 2.75) is 0 Å². The molecule has 82 valence electrons. The topological polar surface area (TPSA) is 61.0 Å². The summed E-state index contributed by atoms with van der Waals surface area (Å²) in [6.45, 7) is 0. The first-order valence-corrected chi connectivity index (χ1v) is 5.14. The van der Waals surface area contributed by atoms with E-state index in [-0.39, 0.29) is 5.88 Å². The normalized spacial score (nSPS) is 10.1. The lowest BCUT2D eigenvalue weighted by molar-refractivity contribution is 0.455. The van der Waals surface area contributed by atoms with Crippen molar-refractivity contribution in [1.82, 2.24) is 9.97 Å². The number of nitrogen functional groups attached to an aromatic ring is 1. The average molecular weight is 284 g/mol. The smallest absolute Gasteiger partial charge is 0.237 e. The number of hydrogen-bond donors (Lipinski definition) is 1. The molecule has 2 N–H and O–H groups in total. The van der Waals surface area contributed by atoms with Crippen LogP contribution in [-0.2, 0) is 0 Å². The molecule has 0 aliphatic carbocycles. The van der Waals surface area contributed by atoms with Crippen molar-refractivity contribution in [2.75, 3.05) is 5.73 Å². The van der Waals surface area contributed by atoms with Crippen LogP contribution in [0, 0.1) is 5.82 Å². The minimum atomic E-state index is -0.396. The molecule has 2 rings (SSSR count). The minimum absolute atomic E-state index is 0.256. The lowest BCUT2D eigenvalue weighted by Gasteiger charge is -2.04. The molecule has 4 nitrogen and oxygen atoms in total. The molecule has 2 aromatic rings. The van der Waals surface area contributed by atoms with E-state index in [4.69, 9.17) is 10.5 Å². The molecule has 0 unspecified atom stereocenters. The number of aromatic nitrogens is 2. The van der Waals surface area contributed by atoms with Gasteiger partial charge in [0.1, 0.15) is 17.4 Å². The zero-order valence-electron chi connectivity index (χ0n) is 8.02. The van der Waals surface area contributed by atoms with Crippen LogP contribution in [0.2, 0.25) is 0 Å². The maximum atomic E-state index is 13.0. The van der Waals surface area contributed by atoms with Crippen molar-refractivity contribution >= 4 is 21.7 Å². The molecule has 0 spiro atoms. The molecule has 0 bridgehead atoms. The third kappa shape index (κ3) is 2.66. The number of hydrogen-bond acceptors (Lipinski definition) is 4. The number of nitrogens with zero attached hydrogens (tertiary/aromatic N) is 2. The van der Waals surface area contributed by atoms with Crippen LogP contribution in [0.25, 0.3) is 0 Å². The average Bonchev–Trinajstić information content (AvgIpc) is 2.20. The highest BCUT2D eigenvalue weighted by Gasteiger charge is 2.02. The van der Waals surface area contributed by atoms with Crippen LogP contribution in [0.15, 0.2) is 35.1 Å². The SMILES string of the molecule is Nc1cnc(Oc2cc(F)cc(Br)c2)cn1. The molecule has 1 heterocycles. The van der Waals surface area contributed by atoms with E-state index < -0.39 is 5.82 Å². The number of halogens is 2. The summed E-state index contributed by atoms with van der Waals surface area (Å²) in [6.07, 6.45) is 2.73. The number of ether oxygens (including phenoxy) is 1. The van der Waals surface area contributed by atoms with Gasteiger partial charge in [-0.25, -0.2) is 14.4 Å². The summed E-state index contributed by atoms with van der Waals surface area (Å²) in [7, 11) is 0. The Kier molecular flexibility index (Phi) is 3.00. The van der Waals surface area contributed by atoms with Gasteiger partial charge < -0.3 is 10.5 Å². The van der Waals surface area contributed by atoms with Gasteiger partial charge in [0, 0.05) is 10.5 Å². The zero-order valence-corrected chi connectivity index (χ0v) is 9.61. The van der Waals surface area contributed by atoms with Crippen LogP contribution < -0.4 is 10.5 Å². The molecule has 0 saturated carbocycles. The molecule has 1 aromatic heterocycles. The van der Waals surface area contributed by atoms with Crippen LogP contribution in [0.1, 0.15) is 0 Å². The standard InChI is InChI=1S/C10H7BrFN3O/c11-6-1-7(12)3-8(2-6)16-10-5-14-9(13)4-15-10/h1-5H,(H2,13,14). The van der Waals surface area contributed by atoms with Crippen molar-refractivity contribution in [1.29, 1.82) is 0 Å². The van der Waals surface area contributed by atoms with Crippen LogP contribution in [0.3, 0.4) is 0 Å². The highest BCUT2D eigenvalue weighted by molar-refractivity contribution is 9.10. The van der Waals surface area contributed by atoms with Crippen LogP contribution in [0.4, 0.5) is 10.2 Å². The summed E-state index contributed by atoms with van der Waals surface area (Å²) in [5.74, 6) is 0.498. The molecule has 0 aliphatic heterocycles. The second-order valence-electron chi connectivity index (χ2n) is 2.99. The lowest BCUT2D eigenvalue weighted by Crippen LogP contribution is -1.94. The molecule has 1 aromatic carbocycles. The van der Waals surface area contributed by atoms with Gasteiger partial charge in [0.15, 0.2) is 0 Å². The molecule has 0 aliphatic rings. The monoisotopic (exact) mass is 283 g/mol. The van der Waals surface area contributed by atoms with E-state index in [0.717, 1.165) is 0 Å².